The molecule has 0 amide bonds. The Labute approximate surface area is 591 Å². The van der Waals surface area contributed by atoms with E-state index in [1.807, 2.05) is 0 Å². The lowest BCUT2D eigenvalue weighted by Gasteiger charge is -2.46. The molecule has 0 fully saturated rings. The van der Waals surface area contributed by atoms with E-state index in [2.05, 4.69) is 400 Å². The summed E-state index contributed by atoms with van der Waals surface area (Å²) < 4.78 is 0. The highest BCUT2D eigenvalue weighted by Crippen LogP contribution is 2.60. The first-order valence-electron chi connectivity index (χ1n) is 35.6. The quantitative estimate of drug-likeness (QED) is 0.126. The minimum absolute atomic E-state index is 0.102. The highest BCUT2D eigenvalue weighted by Gasteiger charge is 2.49. The second-order valence-electron chi connectivity index (χ2n) is 30.8. The molecular formula is C97H81BN2. The number of para-hydroxylation sites is 1. The molecule has 0 spiro atoms. The summed E-state index contributed by atoms with van der Waals surface area (Å²) in [4.78, 5) is 5.41. The molecule has 17 rings (SSSR count). The van der Waals surface area contributed by atoms with E-state index in [0.29, 0.717) is 0 Å². The molecule has 0 atom stereocenters. The minimum atomic E-state index is -0.634. The van der Waals surface area contributed by atoms with Crippen molar-refractivity contribution >= 4 is 57.2 Å². The Kier molecular flexibility index (Phi) is 15.0. The fourth-order valence-corrected chi connectivity index (χ4v) is 16.6. The molecule has 0 unspecified atom stereocenters. The van der Waals surface area contributed by atoms with Gasteiger partial charge >= 0.3 is 0 Å². The van der Waals surface area contributed by atoms with Crippen LogP contribution < -0.4 is 26.2 Å². The SMILES string of the molecule is CC(C)(C)c1cccc(-c2cc3c4c(c2)N(c2c(-c5ccccc5)cc(C(C)(C)C)cc2-c2ccccc2)c2ccc(-c5cccc6c5C(c5ccccc5)(c5ccccc5)c5ccccc5-6)cc2B4c2ccccc2N3c2c(-c3ccccc3)cc(C(C)(C)C)cc2-c2ccccc2)c1. The third kappa shape index (κ3) is 10.2. The van der Waals surface area contributed by atoms with Crippen molar-refractivity contribution < 1.29 is 0 Å². The van der Waals surface area contributed by atoms with Crippen LogP contribution in [0.5, 0.6) is 0 Å². The van der Waals surface area contributed by atoms with Gasteiger partial charge in [-0.25, -0.2) is 0 Å². The van der Waals surface area contributed by atoms with Gasteiger partial charge in [-0.2, -0.15) is 0 Å². The number of hydrogen-bond acceptors (Lipinski definition) is 2. The van der Waals surface area contributed by atoms with Crippen molar-refractivity contribution in [2.45, 2.75) is 84.0 Å². The Morgan fingerprint density at radius 1 is 0.250 bits per heavy atom. The topological polar surface area (TPSA) is 6.48 Å². The first kappa shape index (κ1) is 62.3. The molecule has 0 bridgehead atoms. The molecule has 100 heavy (non-hydrogen) atoms. The summed E-state index contributed by atoms with van der Waals surface area (Å²) >= 11 is 0. The van der Waals surface area contributed by atoms with Gasteiger partial charge in [0.25, 0.3) is 6.71 Å². The van der Waals surface area contributed by atoms with Gasteiger partial charge in [-0.3, -0.25) is 0 Å². The van der Waals surface area contributed by atoms with E-state index in [1.165, 1.54) is 117 Å². The van der Waals surface area contributed by atoms with Crippen LogP contribution in [-0.4, -0.2) is 6.71 Å². The van der Waals surface area contributed by atoms with Crippen molar-refractivity contribution in [3.05, 3.63) is 367 Å². The maximum absolute atomic E-state index is 2.72. The predicted octanol–water partition coefficient (Wildman–Crippen LogP) is 24.0. The summed E-state index contributed by atoms with van der Waals surface area (Å²) in [6, 6.07) is 125. The minimum Gasteiger partial charge on any atom is -0.310 e. The third-order valence-electron chi connectivity index (χ3n) is 21.6. The molecule has 0 radical (unpaired) electrons. The van der Waals surface area contributed by atoms with E-state index in [1.54, 1.807) is 0 Å². The molecular weight excluding hydrogens is 1200 g/mol. The summed E-state index contributed by atoms with van der Waals surface area (Å²) in [5.41, 5.74) is 35.0. The third-order valence-corrected chi connectivity index (χ3v) is 21.6. The molecule has 14 aromatic carbocycles. The highest BCUT2D eigenvalue weighted by molar-refractivity contribution is 7.00. The van der Waals surface area contributed by atoms with Gasteiger partial charge in [0.1, 0.15) is 0 Å². The van der Waals surface area contributed by atoms with Crippen molar-refractivity contribution in [2.24, 2.45) is 0 Å². The van der Waals surface area contributed by atoms with Crippen LogP contribution in [0.2, 0.25) is 0 Å². The van der Waals surface area contributed by atoms with E-state index >= 15 is 0 Å². The lowest BCUT2D eigenvalue weighted by atomic mass is 9.33. The van der Waals surface area contributed by atoms with Crippen LogP contribution in [0.1, 0.15) is 101 Å². The van der Waals surface area contributed by atoms with Crippen LogP contribution >= 0.6 is 0 Å². The summed E-state index contributed by atoms with van der Waals surface area (Å²) in [6.45, 7) is 20.9. The maximum atomic E-state index is 2.72. The zero-order chi connectivity index (χ0) is 68.2. The largest absolute Gasteiger partial charge is 0.310 e. The van der Waals surface area contributed by atoms with Gasteiger partial charge in [0.15, 0.2) is 0 Å². The molecule has 0 saturated heterocycles. The number of rotatable bonds is 10. The molecule has 2 nitrogen and oxygen atoms in total. The van der Waals surface area contributed by atoms with E-state index in [0.717, 1.165) is 50.8 Å². The number of anilines is 6. The van der Waals surface area contributed by atoms with Gasteiger partial charge < -0.3 is 9.80 Å². The Morgan fingerprint density at radius 3 is 1.12 bits per heavy atom. The first-order chi connectivity index (χ1) is 48.5. The standard InChI is InChI=1S/C97H81BN2/c1-94(2,3)73-47-32-42-68(56-73)70-58-88-91-89(59-70)100(93-81(66-38-20-12-21-39-66)62-75(96(7,8)9)63-82(93)67-40-22-13-23-41-67)87-55-54-69(76-49-33-50-78-77-48-28-29-51-83(77)97(90(76)78,71-43-24-14-25-44-71)72-45-26-15-27-46-72)57-85(87)98(91)84-52-30-31-53-86(84)99(88)92-79(64-34-16-10-17-35-64)60-74(95(4,5)6)61-80(92)65-36-18-11-19-37-65/h10-63H,1-9H3. The molecule has 3 heteroatoms. The van der Waals surface area contributed by atoms with Crippen LogP contribution in [0.3, 0.4) is 0 Å². The lowest BCUT2D eigenvalue weighted by molar-refractivity contribution is 0.590. The van der Waals surface area contributed by atoms with E-state index in [9.17, 15) is 0 Å². The summed E-state index contributed by atoms with van der Waals surface area (Å²) in [5.74, 6) is 0. The second-order valence-corrected chi connectivity index (χ2v) is 30.8. The van der Waals surface area contributed by atoms with E-state index in [-0.39, 0.29) is 23.0 Å². The van der Waals surface area contributed by atoms with Gasteiger partial charge in [-0.1, -0.05) is 341 Å². The van der Waals surface area contributed by atoms with Crippen molar-refractivity contribution in [2.75, 3.05) is 9.80 Å². The van der Waals surface area contributed by atoms with Crippen molar-refractivity contribution in [1.82, 2.24) is 0 Å². The number of nitrogens with zero attached hydrogens (tertiary/aromatic N) is 2. The Bertz CT molecular complexity index is 5290. The number of benzene rings is 14. The Hall–Kier alpha value is -11.3. The fraction of sp³-hybridized carbons (Fsp3) is 0.134. The van der Waals surface area contributed by atoms with Crippen molar-refractivity contribution in [1.29, 1.82) is 0 Å². The van der Waals surface area contributed by atoms with Crippen LogP contribution in [0.4, 0.5) is 34.1 Å². The Morgan fingerprint density at radius 2 is 0.640 bits per heavy atom. The van der Waals surface area contributed by atoms with Gasteiger partial charge in [0.05, 0.1) is 16.8 Å². The van der Waals surface area contributed by atoms with Crippen molar-refractivity contribution in [3.8, 4) is 77.9 Å². The first-order valence-corrected chi connectivity index (χ1v) is 35.6. The molecule has 2 aliphatic heterocycles. The smallest absolute Gasteiger partial charge is 0.252 e. The summed E-state index contributed by atoms with van der Waals surface area (Å²) in [7, 11) is 0. The zero-order valence-electron chi connectivity index (χ0n) is 58.6. The van der Waals surface area contributed by atoms with Gasteiger partial charge in [-0.15, -0.1) is 0 Å². The molecule has 3 aliphatic rings. The van der Waals surface area contributed by atoms with E-state index < -0.39 is 5.41 Å². The number of fused-ring (bicyclic) bond motifs is 7. The monoisotopic (exact) mass is 1280 g/mol. The van der Waals surface area contributed by atoms with Gasteiger partial charge in [-0.05, 0) is 176 Å². The molecule has 1 aliphatic carbocycles. The molecule has 14 aromatic rings. The molecule has 0 saturated carbocycles. The van der Waals surface area contributed by atoms with Gasteiger partial charge in [0, 0.05) is 45.0 Å². The highest BCUT2D eigenvalue weighted by atomic mass is 15.2. The van der Waals surface area contributed by atoms with Crippen LogP contribution in [0, 0.1) is 0 Å². The molecule has 2 heterocycles. The average Bonchev–Trinajstić information content (AvgIpc) is 1.12. The van der Waals surface area contributed by atoms with Crippen LogP contribution in [0.25, 0.3) is 77.9 Å². The summed E-state index contributed by atoms with van der Waals surface area (Å²) in [6.07, 6.45) is 0. The molecule has 0 N–H and O–H groups in total. The molecule has 482 valence electrons. The number of hydrogen-bond donors (Lipinski definition) is 0. The predicted molar refractivity (Wildman–Crippen MR) is 426 cm³/mol. The van der Waals surface area contributed by atoms with Crippen molar-refractivity contribution in [3.63, 3.8) is 0 Å². The van der Waals surface area contributed by atoms with E-state index in [4.69, 9.17) is 0 Å². The lowest BCUT2D eigenvalue weighted by Crippen LogP contribution is -2.61. The van der Waals surface area contributed by atoms with Crippen LogP contribution in [-0.2, 0) is 21.7 Å². The fourth-order valence-electron chi connectivity index (χ4n) is 16.6. The normalized spacial score (nSPS) is 13.5. The van der Waals surface area contributed by atoms with Gasteiger partial charge in [0.2, 0.25) is 0 Å². The molecule has 0 aromatic heterocycles. The van der Waals surface area contributed by atoms with Crippen LogP contribution in [0.15, 0.2) is 328 Å². The average molecular weight is 1290 g/mol. The second kappa shape index (κ2) is 24.0. The summed E-state index contributed by atoms with van der Waals surface area (Å²) in [5, 5.41) is 0. The zero-order valence-corrected chi connectivity index (χ0v) is 58.6. The maximum Gasteiger partial charge on any atom is 0.252 e. The Balaban J connectivity index is 1.05.